The molecular weight excluding hydrogens is 336 g/mol. The van der Waals surface area contributed by atoms with Gasteiger partial charge >= 0.3 is 0 Å². The van der Waals surface area contributed by atoms with Gasteiger partial charge in [-0.05, 0) is 55.2 Å². The van der Waals surface area contributed by atoms with Gasteiger partial charge in [0.25, 0.3) is 10.0 Å². The highest BCUT2D eigenvalue weighted by atomic mass is 32.2. The van der Waals surface area contributed by atoms with E-state index in [1.807, 2.05) is 30.0 Å². The molecule has 6 heteroatoms. The van der Waals surface area contributed by atoms with Gasteiger partial charge in [0.2, 0.25) is 5.91 Å². The van der Waals surface area contributed by atoms with E-state index in [-0.39, 0.29) is 16.7 Å². The highest BCUT2D eigenvalue weighted by Gasteiger charge is 2.39. The Kier molecular flexibility index (Phi) is 3.61. The van der Waals surface area contributed by atoms with Gasteiger partial charge in [0.1, 0.15) is 0 Å². The molecule has 0 aliphatic carbocycles. The molecule has 0 fully saturated rings. The van der Waals surface area contributed by atoms with Crippen LogP contribution in [0.5, 0.6) is 0 Å². The summed E-state index contributed by atoms with van der Waals surface area (Å²) in [5.74, 6) is -0.217. The van der Waals surface area contributed by atoms with Crippen LogP contribution in [0.15, 0.2) is 47.4 Å². The summed E-state index contributed by atoms with van der Waals surface area (Å²) in [7, 11) is -2.12. The Balaban J connectivity index is 1.84. The van der Waals surface area contributed by atoms with Crippen molar-refractivity contribution in [3.05, 3.63) is 53.6 Å². The minimum Gasteiger partial charge on any atom is -0.311 e. The number of aryl methyl sites for hydroxylation is 1. The van der Waals surface area contributed by atoms with Crippen molar-refractivity contribution in [1.29, 1.82) is 0 Å². The Hall–Kier alpha value is -2.34. The lowest BCUT2D eigenvalue weighted by molar-refractivity contribution is -0.119. The van der Waals surface area contributed by atoms with E-state index < -0.39 is 10.0 Å². The van der Waals surface area contributed by atoms with Crippen molar-refractivity contribution >= 4 is 27.3 Å². The van der Waals surface area contributed by atoms with Crippen LogP contribution in [0.3, 0.4) is 0 Å². The number of hydrogen-bond acceptors (Lipinski definition) is 3. The zero-order chi connectivity index (χ0) is 17.8. The summed E-state index contributed by atoms with van der Waals surface area (Å²) >= 11 is 0. The van der Waals surface area contributed by atoms with Crippen LogP contribution in [0.2, 0.25) is 0 Å². The van der Waals surface area contributed by atoms with Gasteiger partial charge in [-0.3, -0.25) is 9.10 Å². The summed E-state index contributed by atoms with van der Waals surface area (Å²) in [5.41, 5.74) is 3.34. The van der Waals surface area contributed by atoms with Crippen molar-refractivity contribution < 1.29 is 13.2 Å². The third-order valence-electron chi connectivity index (χ3n) is 5.17. The number of para-hydroxylation sites is 1. The lowest BCUT2D eigenvalue weighted by atomic mass is 9.97. The number of anilines is 2. The molecule has 2 aromatic rings. The molecule has 2 aliphatic heterocycles. The van der Waals surface area contributed by atoms with Crippen molar-refractivity contribution in [1.82, 2.24) is 0 Å². The Morgan fingerprint density at radius 2 is 1.88 bits per heavy atom. The summed E-state index contributed by atoms with van der Waals surface area (Å²) in [6.45, 7) is 2.58. The van der Waals surface area contributed by atoms with Crippen LogP contribution in [-0.4, -0.2) is 27.9 Å². The molecule has 2 aromatic carbocycles. The van der Waals surface area contributed by atoms with E-state index in [0.29, 0.717) is 5.69 Å². The summed E-state index contributed by atoms with van der Waals surface area (Å²) < 4.78 is 27.5. The van der Waals surface area contributed by atoms with Crippen molar-refractivity contribution in [2.45, 2.75) is 30.6 Å². The minimum absolute atomic E-state index is 0.0712. The van der Waals surface area contributed by atoms with E-state index in [2.05, 4.69) is 0 Å². The second-order valence-corrected chi connectivity index (χ2v) is 8.61. The number of nitrogens with zero attached hydrogens (tertiary/aromatic N) is 2. The van der Waals surface area contributed by atoms with Crippen LogP contribution in [-0.2, 0) is 21.2 Å². The fourth-order valence-corrected chi connectivity index (χ4v) is 5.03. The zero-order valence-corrected chi connectivity index (χ0v) is 15.1. The van der Waals surface area contributed by atoms with Crippen molar-refractivity contribution in [3.8, 4) is 0 Å². The lowest BCUT2D eigenvalue weighted by Gasteiger charge is -2.26. The van der Waals surface area contributed by atoms with E-state index >= 15 is 0 Å². The van der Waals surface area contributed by atoms with E-state index in [0.717, 1.165) is 36.2 Å². The lowest BCUT2D eigenvalue weighted by Crippen LogP contribution is -2.32. The standard InChI is InChI=1S/C19H20N2O3S/c1-13-17-12-16(11-14-7-6-10-21(18(14)17)19(13)22)25(23,24)20(2)15-8-4-3-5-9-15/h3-5,8-9,11-13H,6-7,10H2,1-2H3/t13-/m1/s1. The predicted octanol–water partition coefficient (Wildman–Crippen LogP) is 2.91. The maximum atomic E-state index is 13.1. The number of benzene rings is 2. The highest BCUT2D eigenvalue weighted by Crippen LogP contribution is 2.44. The van der Waals surface area contributed by atoms with Gasteiger partial charge in [0, 0.05) is 13.6 Å². The molecule has 1 atom stereocenters. The first kappa shape index (κ1) is 16.1. The van der Waals surface area contributed by atoms with Crippen LogP contribution in [0.25, 0.3) is 0 Å². The summed E-state index contributed by atoms with van der Waals surface area (Å²) in [5, 5.41) is 0. The number of hydrogen-bond donors (Lipinski definition) is 0. The quantitative estimate of drug-likeness (QED) is 0.850. The average Bonchev–Trinajstić information content (AvgIpc) is 2.88. The van der Waals surface area contributed by atoms with Gasteiger partial charge in [-0.2, -0.15) is 0 Å². The van der Waals surface area contributed by atoms with Gasteiger partial charge in [-0.1, -0.05) is 18.2 Å². The molecule has 5 nitrogen and oxygen atoms in total. The SMILES string of the molecule is C[C@H]1C(=O)N2CCCc3cc(S(=O)(=O)N(C)c4ccccc4)cc1c32. The first-order valence-corrected chi connectivity index (χ1v) is 9.87. The maximum absolute atomic E-state index is 13.1. The smallest absolute Gasteiger partial charge is 0.264 e. The normalized spacial score (nSPS) is 19.0. The molecular formula is C19H20N2O3S. The van der Waals surface area contributed by atoms with Crippen LogP contribution < -0.4 is 9.21 Å². The van der Waals surface area contributed by atoms with Gasteiger partial charge in [-0.15, -0.1) is 0 Å². The number of carbonyl (C=O) groups excluding carboxylic acids is 1. The second kappa shape index (κ2) is 5.59. The van der Waals surface area contributed by atoms with Gasteiger partial charge in [-0.25, -0.2) is 8.42 Å². The molecule has 1 amide bonds. The van der Waals surface area contributed by atoms with Crippen LogP contribution in [0.1, 0.15) is 30.4 Å². The molecule has 2 aliphatic rings. The topological polar surface area (TPSA) is 57.7 Å². The number of sulfonamides is 1. The van der Waals surface area contributed by atoms with Crippen LogP contribution in [0, 0.1) is 0 Å². The summed E-state index contributed by atoms with van der Waals surface area (Å²) in [4.78, 5) is 14.5. The third-order valence-corrected chi connectivity index (χ3v) is 6.93. The van der Waals surface area contributed by atoms with E-state index in [4.69, 9.17) is 0 Å². The summed E-state index contributed by atoms with van der Waals surface area (Å²) in [6.07, 6.45) is 1.67. The average molecular weight is 356 g/mol. The Morgan fingerprint density at radius 3 is 2.60 bits per heavy atom. The predicted molar refractivity (Wildman–Crippen MR) is 97.6 cm³/mol. The zero-order valence-electron chi connectivity index (χ0n) is 14.3. The van der Waals surface area contributed by atoms with Gasteiger partial charge in [0.15, 0.2) is 0 Å². The van der Waals surface area contributed by atoms with Gasteiger partial charge < -0.3 is 4.90 Å². The molecule has 0 saturated heterocycles. The molecule has 0 radical (unpaired) electrons. The molecule has 0 unspecified atom stereocenters. The van der Waals surface area contributed by atoms with E-state index in [1.54, 1.807) is 31.3 Å². The monoisotopic (exact) mass is 356 g/mol. The van der Waals surface area contributed by atoms with E-state index in [1.165, 1.54) is 4.31 Å². The number of amides is 1. The molecule has 0 saturated carbocycles. The Bertz CT molecular complexity index is 954. The molecule has 0 spiro atoms. The van der Waals surface area contributed by atoms with Crippen molar-refractivity contribution in [2.24, 2.45) is 0 Å². The first-order chi connectivity index (χ1) is 11.9. The molecule has 0 bridgehead atoms. The maximum Gasteiger partial charge on any atom is 0.264 e. The molecule has 4 rings (SSSR count). The minimum atomic E-state index is -3.68. The molecule has 0 aromatic heterocycles. The largest absolute Gasteiger partial charge is 0.311 e. The molecule has 2 heterocycles. The third kappa shape index (κ3) is 2.35. The first-order valence-electron chi connectivity index (χ1n) is 8.43. The molecule has 0 N–H and O–H groups in total. The second-order valence-electron chi connectivity index (χ2n) is 6.64. The Labute approximate surface area is 147 Å². The number of carbonyl (C=O) groups is 1. The number of rotatable bonds is 3. The van der Waals surface area contributed by atoms with Crippen LogP contribution >= 0.6 is 0 Å². The molecule has 25 heavy (non-hydrogen) atoms. The molecule has 130 valence electrons. The highest BCUT2D eigenvalue weighted by molar-refractivity contribution is 7.92. The fourth-order valence-electron chi connectivity index (χ4n) is 3.75. The summed E-state index contributed by atoms with van der Waals surface area (Å²) in [6, 6.07) is 12.4. The van der Waals surface area contributed by atoms with E-state index in [9.17, 15) is 13.2 Å². The van der Waals surface area contributed by atoms with Gasteiger partial charge in [0.05, 0.1) is 22.2 Å². The van der Waals surface area contributed by atoms with Crippen molar-refractivity contribution in [3.63, 3.8) is 0 Å². The van der Waals surface area contributed by atoms with Crippen LogP contribution in [0.4, 0.5) is 11.4 Å². The Morgan fingerprint density at radius 1 is 1.16 bits per heavy atom. The fraction of sp³-hybridized carbons (Fsp3) is 0.316. The van der Waals surface area contributed by atoms with Crippen molar-refractivity contribution in [2.75, 3.05) is 22.8 Å².